The van der Waals surface area contributed by atoms with Crippen molar-refractivity contribution < 1.29 is 10.2 Å². The molecule has 0 saturated carbocycles. The van der Waals surface area contributed by atoms with Crippen LogP contribution in [0.4, 0.5) is 0 Å². The van der Waals surface area contributed by atoms with Gasteiger partial charge < -0.3 is 10.2 Å². The molecule has 0 rings (SSSR count). The Morgan fingerprint density at radius 2 is 1.40 bits per heavy atom. The fourth-order valence-corrected chi connectivity index (χ4v) is 1.86. The number of unbranched alkanes of at least 4 members (excludes halogenated alkanes) is 5. The van der Waals surface area contributed by atoms with Crippen LogP contribution in [0.1, 0.15) is 65.2 Å². The summed E-state index contributed by atoms with van der Waals surface area (Å²) in [5.41, 5.74) is 0. The van der Waals surface area contributed by atoms with E-state index in [2.05, 4.69) is 13.8 Å². The van der Waals surface area contributed by atoms with E-state index in [1.54, 1.807) is 0 Å². The van der Waals surface area contributed by atoms with Gasteiger partial charge in [-0.1, -0.05) is 46.0 Å². The smallest absolute Gasteiger partial charge is 0.0542 e. The van der Waals surface area contributed by atoms with Gasteiger partial charge in [0.25, 0.3) is 0 Å². The minimum absolute atomic E-state index is 0.0950. The van der Waals surface area contributed by atoms with E-state index in [0.717, 1.165) is 32.1 Å². The molecule has 0 aromatic rings. The van der Waals surface area contributed by atoms with Gasteiger partial charge in [0.15, 0.2) is 0 Å². The van der Waals surface area contributed by atoms with E-state index in [4.69, 9.17) is 5.11 Å². The van der Waals surface area contributed by atoms with Crippen LogP contribution in [0.25, 0.3) is 0 Å². The van der Waals surface area contributed by atoms with Crippen LogP contribution >= 0.6 is 0 Å². The predicted octanol–water partition coefficient (Wildman–Crippen LogP) is 3.12. The molecule has 2 heteroatoms. The highest BCUT2D eigenvalue weighted by Crippen LogP contribution is 2.13. The Bertz CT molecular complexity index is 124. The molecule has 0 heterocycles. The fraction of sp³-hybridized carbons (Fsp3) is 1.00. The summed E-state index contributed by atoms with van der Waals surface area (Å²) in [5, 5.41) is 18.2. The molecule has 92 valence electrons. The quantitative estimate of drug-likeness (QED) is 0.551. The lowest BCUT2D eigenvalue weighted by Crippen LogP contribution is -2.09. The maximum absolute atomic E-state index is 9.63. The SMILES string of the molecule is CC(C)CC(O)CCCCCCCCO. The molecule has 1 atom stereocenters. The van der Waals surface area contributed by atoms with Gasteiger partial charge in [0, 0.05) is 6.61 Å². The summed E-state index contributed by atoms with van der Waals surface area (Å²) in [5.74, 6) is 0.601. The fourth-order valence-electron chi connectivity index (χ4n) is 1.86. The van der Waals surface area contributed by atoms with Crippen molar-refractivity contribution >= 4 is 0 Å². The molecular formula is C13H28O2. The van der Waals surface area contributed by atoms with Crippen LogP contribution in [-0.2, 0) is 0 Å². The van der Waals surface area contributed by atoms with Gasteiger partial charge in [-0.05, 0) is 25.2 Å². The van der Waals surface area contributed by atoms with Gasteiger partial charge in [0.05, 0.1) is 6.10 Å². The second-order valence-electron chi connectivity index (χ2n) is 4.92. The molecule has 15 heavy (non-hydrogen) atoms. The molecule has 1 unspecified atom stereocenters. The average molecular weight is 216 g/mol. The van der Waals surface area contributed by atoms with Gasteiger partial charge in [-0.3, -0.25) is 0 Å². The van der Waals surface area contributed by atoms with Crippen molar-refractivity contribution in [2.45, 2.75) is 71.3 Å². The van der Waals surface area contributed by atoms with E-state index >= 15 is 0 Å². The number of aliphatic hydroxyl groups excluding tert-OH is 2. The molecule has 0 saturated heterocycles. The van der Waals surface area contributed by atoms with Crippen molar-refractivity contribution in [2.24, 2.45) is 5.92 Å². The van der Waals surface area contributed by atoms with Gasteiger partial charge in [-0.2, -0.15) is 0 Å². The third-order valence-corrected chi connectivity index (χ3v) is 2.69. The molecule has 0 spiro atoms. The summed E-state index contributed by atoms with van der Waals surface area (Å²) in [4.78, 5) is 0. The van der Waals surface area contributed by atoms with Crippen molar-refractivity contribution in [3.05, 3.63) is 0 Å². The average Bonchev–Trinajstić information content (AvgIpc) is 2.15. The second-order valence-corrected chi connectivity index (χ2v) is 4.92. The summed E-state index contributed by atoms with van der Waals surface area (Å²) in [6, 6.07) is 0. The maximum Gasteiger partial charge on any atom is 0.0542 e. The van der Waals surface area contributed by atoms with E-state index in [9.17, 15) is 5.11 Å². The first-order chi connectivity index (χ1) is 7.16. The third-order valence-electron chi connectivity index (χ3n) is 2.69. The summed E-state index contributed by atoms with van der Waals surface area (Å²) < 4.78 is 0. The Morgan fingerprint density at radius 3 is 1.93 bits per heavy atom. The normalized spacial score (nSPS) is 13.4. The van der Waals surface area contributed by atoms with E-state index in [0.29, 0.717) is 12.5 Å². The Labute approximate surface area is 94.7 Å². The van der Waals surface area contributed by atoms with E-state index in [1.165, 1.54) is 19.3 Å². The standard InChI is InChI=1S/C13H28O2/c1-12(2)11-13(15)9-7-5-3-4-6-8-10-14/h12-15H,3-11H2,1-2H3. The lowest BCUT2D eigenvalue weighted by atomic mass is 10.0. The maximum atomic E-state index is 9.63. The van der Waals surface area contributed by atoms with Crippen molar-refractivity contribution in [3.8, 4) is 0 Å². The zero-order valence-corrected chi connectivity index (χ0v) is 10.4. The highest BCUT2D eigenvalue weighted by molar-refractivity contribution is 4.58. The van der Waals surface area contributed by atoms with Crippen LogP contribution in [0.15, 0.2) is 0 Å². The van der Waals surface area contributed by atoms with Crippen LogP contribution in [0.3, 0.4) is 0 Å². The molecule has 2 N–H and O–H groups in total. The van der Waals surface area contributed by atoms with Gasteiger partial charge in [-0.15, -0.1) is 0 Å². The third kappa shape index (κ3) is 11.8. The zero-order chi connectivity index (χ0) is 11.5. The van der Waals surface area contributed by atoms with Gasteiger partial charge in [0.1, 0.15) is 0 Å². The first kappa shape index (κ1) is 14.9. The Balaban J connectivity index is 3.09. The Kier molecular flexibility index (Phi) is 10.4. The molecule has 0 aliphatic heterocycles. The monoisotopic (exact) mass is 216 g/mol. The molecule has 0 aromatic carbocycles. The minimum atomic E-state index is -0.0950. The van der Waals surface area contributed by atoms with Gasteiger partial charge >= 0.3 is 0 Å². The predicted molar refractivity (Wildman–Crippen MR) is 64.9 cm³/mol. The topological polar surface area (TPSA) is 40.5 Å². The summed E-state index contributed by atoms with van der Waals surface area (Å²) in [6.07, 6.45) is 8.72. The number of aliphatic hydroxyl groups is 2. The lowest BCUT2D eigenvalue weighted by Gasteiger charge is -2.12. The van der Waals surface area contributed by atoms with Crippen LogP contribution in [0.5, 0.6) is 0 Å². The van der Waals surface area contributed by atoms with Crippen molar-refractivity contribution in [1.82, 2.24) is 0 Å². The highest BCUT2D eigenvalue weighted by Gasteiger charge is 2.05. The lowest BCUT2D eigenvalue weighted by molar-refractivity contribution is 0.136. The summed E-state index contributed by atoms with van der Waals surface area (Å²) >= 11 is 0. The van der Waals surface area contributed by atoms with Gasteiger partial charge in [0.2, 0.25) is 0 Å². The van der Waals surface area contributed by atoms with E-state index < -0.39 is 0 Å². The van der Waals surface area contributed by atoms with Crippen molar-refractivity contribution in [2.75, 3.05) is 6.61 Å². The Morgan fingerprint density at radius 1 is 0.867 bits per heavy atom. The van der Waals surface area contributed by atoms with Crippen LogP contribution in [0.2, 0.25) is 0 Å². The molecule has 0 bridgehead atoms. The number of hydrogen-bond donors (Lipinski definition) is 2. The van der Waals surface area contributed by atoms with Crippen LogP contribution < -0.4 is 0 Å². The summed E-state index contributed by atoms with van der Waals surface area (Å²) in [6.45, 7) is 4.63. The van der Waals surface area contributed by atoms with E-state index in [1.807, 2.05) is 0 Å². The molecule has 0 aromatic heterocycles. The molecule has 0 amide bonds. The first-order valence-corrected chi connectivity index (χ1v) is 6.45. The molecule has 0 fully saturated rings. The second kappa shape index (κ2) is 10.4. The highest BCUT2D eigenvalue weighted by atomic mass is 16.3. The molecule has 0 aliphatic rings. The number of rotatable bonds is 10. The summed E-state index contributed by atoms with van der Waals surface area (Å²) in [7, 11) is 0. The molecular weight excluding hydrogens is 188 g/mol. The number of hydrogen-bond acceptors (Lipinski definition) is 2. The largest absolute Gasteiger partial charge is 0.396 e. The first-order valence-electron chi connectivity index (χ1n) is 6.45. The van der Waals surface area contributed by atoms with Gasteiger partial charge in [-0.25, -0.2) is 0 Å². The van der Waals surface area contributed by atoms with E-state index in [-0.39, 0.29) is 6.10 Å². The van der Waals surface area contributed by atoms with Crippen molar-refractivity contribution in [3.63, 3.8) is 0 Å². The van der Waals surface area contributed by atoms with Crippen LogP contribution in [0, 0.1) is 5.92 Å². The van der Waals surface area contributed by atoms with Crippen LogP contribution in [-0.4, -0.2) is 22.9 Å². The molecule has 0 radical (unpaired) electrons. The molecule has 2 nitrogen and oxygen atoms in total. The van der Waals surface area contributed by atoms with Crippen molar-refractivity contribution in [1.29, 1.82) is 0 Å². The zero-order valence-electron chi connectivity index (χ0n) is 10.4. The molecule has 0 aliphatic carbocycles. The Hall–Kier alpha value is -0.0800. The minimum Gasteiger partial charge on any atom is -0.396 e.